The molecule has 0 bridgehead atoms. The van der Waals surface area contributed by atoms with E-state index < -0.39 is 9.84 Å². The molecule has 0 N–H and O–H groups in total. The molecule has 156 valence electrons. The molecule has 31 heavy (non-hydrogen) atoms. The van der Waals surface area contributed by atoms with Gasteiger partial charge in [0.05, 0.1) is 15.8 Å². The number of rotatable bonds is 3. The molecule has 0 saturated heterocycles. The Kier molecular flexibility index (Phi) is 4.55. The maximum absolute atomic E-state index is 13.5. The molecule has 0 spiro atoms. The normalized spacial score (nSPS) is 13.3. The van der Waals surface area contributed by atoms with Crippen molar-refractivity contribution in [3.05, 3.63) is 77.0 Å². The first kappa shape index (κ1) is 19.4. The smallest absolute Gasteiger partial charge is 0.201 e. The van der Waals surface area contributed by atoms with Crippen molar-refractivity contribution in [2.24, 2.45) is 0 Å². The minimum absolute atomic E-state index is 0.180. The van der Waals surface area contributed by atoms with Gasteiger partial charge in [-0.1, -0.05) is 18.2 Å². The van der Waals surface area contributed by atoms with Crippen LogP contribution < -0.4 is 14.9 Å². The van der Waals surface area contributed by atoms with E-state index in [9.17, 15) is 13.2 Å². The van der Waals surface area contributed by atoms with Gasteiger partial charge in [0.2, 0.25) is 5.43 Å². The van der Waals surface area contributed by atoms with Crippen LogP contribution in [0.3, 0.4) is 0 Å². The lowest BCUT2D eigenvalue weighted by Crippen LogP contribution is -2.15. The third kappa shape index (κ3) is 3.47. The molecule has 1 aliphatic heterocycles. The maximum atomic E-state index is 13.5. The number of ether oxygens (including phenoxy) is 2. The van der Waals surface area contributed by atoms with E-state index in [0.29, 0.717) is 58.1 Å². The number of hydrogen-bond acceptors (Lipinski definition) is 6. The number of para-hydroxylation sites is 1. The zero-order valence-corrected chi connectivity index (χ0v) is 17.4. The van der Waals surface area contributed by atoms with Gasteiger partial charge in [0.25, 0.3) is 0 Å². The average molecular weight is 434 g/mol. The lowest BCUT2D eigenvalue weighted by Gasteiger charge is -2.19. The summed E-state index contributed by atoms with van der Waals surface area (Å²) in [5, 5.41) is 0.462. The standard InChI is InChI=1S/C24H18O6S/c1-31(26,27)17-9-6-15(7-10-17)24-22(23(25)18-4-2-3-5-19(18)30-24)16-8-11-20-21(14-16)29-13-12-28-20/h2-11,14H,12-13H2,1H3. The van der Waals surface area contributed by atoms with E-state index >= 15 is 0 Å². The van der Waals surface area contributed by atoms with Gasteiger partial charge in [-0.2, -0.15) is 0 Å². The van der Waals surface area contributed by atoms with E-state index in [1.165, 1.54) is 12.1 Å². The van der Waals surface area contributed by atoms with Crippen molar-refractivity contribution in [2.45, 2.75) is 4.90 Å². The fourth-order valence-corrected chi connectivity index (χ4v) is 4.29. The van der Waals surface area contributed by atoms with E-state index in [1.807, 2.05) is 0 Å². The highest BCUT2D eigenvalue weighted by atomic mass is 32.2. The predicted octanol–water partition coefficient (Wildman–Crippen LogP) is 4.30. The number of fused-ring (bicyclic) bond motifs is 2. The highest BCUT2D eigenvalue weighted by Crippen LogP contribution is 2.38. The van der Waals surface area contributed by atoms with Gasteiger partial charge in [-0.05, 0) is 54.1 Å². The third-order valence-electron chi connectivity index (χ3n) is 5.17. The molecular formula is C24H18O6S. The van der Waals surface area contributed by atoms with Crippen LogP contribution in [0, 0.1) is 0 Å². The molecule has 1 aromatic heterocycles. The van der Waals surface area contributed by atoms with Crippen molar-refractivity contribution in [1.29, 1.82) is 0 Å². The van der Waals surface area contributed by atoms with Crippen LogP contribution in [-0.2, 0) is 9.84 Å². The summed E-state index contributed by atoms with van der Waals surface area (Å²) in [5.74, 6) is 1.55. The molecule has 0 atom stereocenters. The van der Waals surface area contributed by atoms with Crippen molar-refractivity contribution in [2.75, 3.05) is 19.5 Å². The second-order valence-electron chi connectivity index (χ2n) is 7.29. The average Bonchev–Trinajstić information content (AvgIpc) is 2.78. The largest absolute Gasteiger partial charge is 0.486 e. The molecule has 0 aliphatic carbocycles. The van der Waals surface area contributed by atoms with Gasteiger partial charge >= 0.3 is 0 Å². The number of sulfone groups is 1. The fourth-order valence-electron chi connectivity index (χ4n) is 3.66. The lowest BCUT2D eigenvalue weighted by molar-refractivity contribution is 0.171. The molecule has 1 aliphatic rings. The van der Waals surface area contributed by atoms with Crippen molar-refractivity contribution in [3.63, 3.8) is 0 Å². The Morgan fingerprint density at radius 2 is 1.48 bits per heavy atom. The monoisotopic (exact) mass is 434 g/mol. The SMILES string of the molecule is CS(=O)(=O)c1ccc(-c2oc3ccccc3c(=O)c2-c2ccc3c(c2)OCCO3)cc1. The number of benzene rings is 3. The van der Waals surface area contributed by atoms with Crippen molar-refractivity contribution in [1.82, 2.24) is 0 Å². The second-order valence-corrected chi connectivity index (χ2v) is 9.30. The predicted molar refractivity (Wildman–Crippen MR) is 117 cm³/mol. The topological polar surface area (TPSA) is 82.8 Å². The summed E-state index contributed by atoms with van der Waals surface area (Å²) in [6.45, 7) is 0.908. The lowest BCUT2D eigenvalue weighted by atomic mass is 9.98. The Labute approximate surface area is 178 Å². The first-order chi connectivity index (χ1) is 14.9. The van der Waals surface area contributed by atoms with Crippen molar-refractivity contribution >= 4 is 20.8 Å². The Morgan fingerprint density at radius 3 is 2.23 bits per heavy atom. The second kappa shape index (κ2) is 7.28. The van der Waals surface area contributed by atoms with Crippen LogP contribution in [0.4, 0.5) is 0 Å². The van der Waals surface area contributed by atoms with Gasteiger partial charge in [-0.15, -0.1) is 0 Å². The summed E-state index contributed by atoms with van der Waals surface area (Å²) in [5.41, 5.74) is 1.88. The molecule has 4 aromatic rings. The van der Waals surface area contributed by atoms with Crippen LogP contribution in [0.25, 0.3) is 33.4 Å². The zero-order valence-electron chi connectivity index (χ0n) is 16.6. The highest BCUT2D eigenvalue weighted by molar-refractivity contribution is 7.90. The molecule has 5 rings (SSSR count). The molecule has 2 heterocycles. The van der Waals surface area contributed by atoms with E-state index in [-0.39, 0.29) is 10.3 Å². The summed E-state index contributed by atoms with van der Waals surface area (Å²) in [6.07, 6.45) is 1.15. The zero-order chi connectivity index (χ0) is 21.6. The number of hydrogen-bond donors (Lipinski definition) is 0. The minimum atomic E-state index is -3.34. The van der Waals surface area contributed by atoms with Gasteiger partial charge in [0.1, 0.15) is 24.6 Å². The summed E-state index contributed by atoms with van der Waals surface area (Å²) >= 11 is 0. The van der Waals surface area contributed by atoms with E-state index in [0.717, 1.165) is 6.26 Å². The van der Waals surface area contributed by atoms with Crippen LogP contribution >= 0.6 is 0 Å². The summed E-state index contributed by atoms with van der Waals surface area (Å²) in [6, 6.07) is 18.7. The molecule has 0 amide bonds. The first-order valence-electron chi connectivity index (χ1n) is 9.68. The third-order valence-corrected chi connectivity index (χ3v) is 6.30. The highest BCUT2D eigenvalue weighted by Gasteiger charge is 2.21. The minimum Gasteiger partial charge on any atom is -0.486 e. The molecule has 7 heteroatoms. The summed E-state index contributed by atoms with van der Waals surface area (Å²) in [4.78, 5) is 13.7. The van der Waals surface area contributed by atoms with E-state index in [2.05, 4.69) is 0 Å². The molecular weight excluding hydrogens is 416 g/mol. The van der Waals surface area contributed by atoms with Crippen LogP contribution in [-0.4, -0.2) is 27.9 Å². The van der Waals surface area contributed by atoms with Crippen LogP contribution in [0.5, 0.6) is 11.5 Å². The van der Waals surface area contributed by atoms with Crippen LogP contribution in [0.2, 0.25) is 0 Å². The molecule has 0 unspecified atom stereocenters. The molecule has 3 aromatic carbocycles. The Morgan fingerprint density at radius 1 is 0.806 bits per heavy atom. The van der Waals surface area contributed by atoms with Gasteiger partial charge in [-0.3, -0.25) is 4.79 Å². The first-order valence-corrected chi connectivity index (χ1v) is 11.6. The van der Waals surface area contributed by atoms with Gasteiger partial charge in [-0.25, -0.2) is 8.42 Å². The molecule has 0 radical (unpaired) electrons. The Bertz CT molecular complexity index is 1470. The molecule has 0 saturated carbocycles. The van der Waals surface area contributed by atoms with Gasteiger partial charge < -0.3 is 13.9 Å². The maximum Gasteiger partial charge on any atom is 0.201 e. The van der Waals surface area contributed by atoms with Gasteiger partial charge in [0, 0.05) is 11.8 Å². The Balaban J connectivity index is 1.77. The summed E-state index contributed by atoms with van der Waals surface area (Å²) < 4.78 is 41.1. The Hall–Kier alpha value is -3.58. The van der Waals surface area contributed by atoms with Crippen molar-refractivity contribution in [3.8, 4) is 33.9 Å². The molecule has 0 fully saturated rings. The van der Waals surface area contributed by atoms with E-state index in [1.54, 1.807) is 54.6 Å². The van der Waals surface area contributed by atoms with E-state index in [4.69, 9.17) is 13.9 Å². The quantitative estimate of drug-likeness (QED) is 0.478. The molecule has 6 nitrogen and oxygen atoms in total. The van der Waals surface area contributed by atoms with Crippen LogP contribution in [0.1, 0.15) is 0 Å². The fraction of sp³-hybridized carbons (Fsp3) is 0.125. The van der Waals surface area contributed by atoms with Gasteiger partial charge in [0.15, 0.2) is 21.3 Å². The summed E-state index contributed by atoms with van der Waals surface area (Å²) in [7, 11) is -3.34. The van der Waals surface area contributed by atoms with Crippen molar-refractivity contribution < 1.29 is 22.3 Å². The van der Waals surface area contributed by atoms with Crippen LogP contribution in [0.15, 0.2) is 80.8 Å².